The molecule has 0 saturated carbocycles. The van der Waals surface area contributed by atoms with Gasteiger partial charge in [0.15, 0.2) is 0 Å². The van der Waals surface area contributed by atoms with E-state index in [0.29, 0.717) is 0 Å². The first kappa shape index (κ1) is 34.7. The molecule has 8 rings (SSSR count). The van der Waals surface area contributed by atoms with Crippen LogP contribution < -0.4 is 0 Å². The van der Waals surface area contributed by atoms with Crippen LogP contribution in [0.2, 0.25) is 0 Å². The molecule has 6 aromatic carbocycles. The van der Waals surface area contributed by atoms with Crippen molar-refractivity contribution in [3.63, 3.8) is 0 Å². The third-order valence-electron chi connectivity index (χ3n) is 10.1. The monoisotopic (exact) mass is 678 g/mol. The Labute approximate surface area is 305 Å². The van der Waals surface area contributed by atoms with Gasteiger partial charge in [-0.1, -0.05) is 138 Å². The molecule has 0 nitrogen and oxygen atoms in total. The average molecular weight is 679 g/mol. The fourth-order valence-corrected chi connectivity index (χ4v) is 7.41. The summed E-state index contributed by atoms with van der Waals surface area (Å²) in [6.07, 6.45) is 1.99. The minimum absolute atomic E-state index is 0. The maximum Gasteiger partial charge on any atom is 2.00 e. The number of hydrogen-bond donors (Lipinski definition) is 0. The zero-order valence-electron chi connectivity index (χ0n) is 30.2. The van der Waals surface area contributed by atoms with E-state index in [1.165, 1.54) is 89.0 Å². The summed E-state index contributed by atoms with van der Waals surface area (Å²) < 4.78 is 0. The van der Waals surface area contributed by atoms with Gasteiger partial charge in [0.25, 0.3) is 0 Å². The van der Waals surface area contributed by atoms with Crippen molar-refractivity contribution in [3.8, 4) is 44.5 Å². The molecule has 0 unspecified atom stereocenters. The summed E-state index contributed by atoms with van der Waals surface area (Å²) in [4.78, 5) is 0. The summed E-state index contributed by atoms with van der Waals surface area (Å²) >= 11 is 0. The zero-order valence-corrected chi connectivity index (χ0v) is 31.3. The standard InChI is InChI=1S/2C24H23.Fe/c2*1-16-8-5-6-10-20(16)22-11-7-9-17-14-18-15-19(24(2,3)4)12-13-21(18)23(17)22;/h2*5-13H,14H2,1-4H3;/q2*-1;+2. The molecule has 0 atom stereocenters. The number of fused-ring (bicyclic) bond motifs is 6. The minimum atomic E-state index is 0. The van der Waals surface area contributed by atoms with Gasteiger partial charge in [0.1, 0.15) is 0 Å². The number of benzene rings is 6. The SMILES string of the molecule is Cc1ccccc1-c1cccc2c1-c1ccc(C(C)(C)C)[c-]c1C2.Cc1ccccc1-c1cccc2c1-c1ccc(C(C)(C)C)[c-]c1C2.[Fe+2]. The molecule has 0 aromatic heterocycles. The van der Waals surface area contributed by atoms with Crippen LogP contribution in [0.5, 0.6) is 0 Å². The third-order valence-corrected chi connectivity index (χ3v) is 10.1. The van der Waals surface area contributed by atoms with Gasteiger partial charge in [0, 0.05) is 0 Å². The number of aryl methyl sites for hydroxylation is 2. The molecule has 1 heteroatoms. The van der Waals surface area contributed by atoms with Gasteiger partial charge in [-0.3, -0.25) is 0 Å². The first-order valence-corrected chi connectivity index (χ1v) is 17.4. The second-order valence-corrected chi connectivity index (χ2v) is 15.7. The van der Waals surface area contributed by atoms with E-state index in [1.807, 2.05) is 0 Å². The maximum atomic E-state index is 3.71. The van der Waals surface area contributed by atoms with Crippen LogP contribution in [0.25, 0.3) is 44.5 Å². The largest absolute Gasteiger partial charge is 2.00 e. The van der Waals surface area contributed by atoms with Crippen LogP contribution in [0, 0.1) is 26.0 Å². The van der Waals surface area contributed by atoms with E-state index >= 15 is 0 Å². The van der Waals surface area contributed by atoms with Crippen LogP contribution >= 0.6 is 0 Å². The van der Waals surface area contributed by atoms with E-state index in [1.54, 1.807) is 0 Å². The van der Waals surface area contributed by atoms with Gasteiger partial charge in [0.05, 0.1) is 0 Å². The minimum Gasteiger partial charge on any atom is -0.175 e. The van der Waals surface area contributed by atoms with Crippen molar-refractivity contribution in [1.29, 1.82) is 0 Å². The van der Waals surface area contributed by atoms with E-state index in [4.69, 9.17) is 0 Å². The van der Waals surface area contributed by atoms with Crippen LogP contribution in [0.1, 0.15) is 86.1 Å². The summed E-state index contributed by atoms with van der Waals surface area (Å²) in [7, 11) is 0. The molecular weight excluding hydrogens is 632 g/mol. The second kappa shape index (κ2) is 13.3. The summed E-state index contributed by atoms with van der Waals surface area (Å²) in [6, 6.07) is 47.3. The first-order chi connectivity index (χ1) is 22.9. The third kappa shape index (κ3) is 6.60. The Morgan fingerprint density at radius 1 is 0.408 bits per heavy atom. The summed E-state index contributed by atoms with van der Waals surface area (Å²) in [5, 5.41) is 0. The van der Waals surface area contributed by atoms with E-state index < -0.39 is 0 Å². The Balaban J connectivity index is 0.000000167. The Kier molecular flexibility index (Phi) is 9.40. The van der Waals surface area contributed by atoms with Crippen molar-refractivity contribution in [3.05, 3.63) is 166 Å². The molecule has 0 spiro atoms. The van der Waals surface area contributed by atoms with E-state index in [-0.39, 0.29) is 27.9 Å². The Hall–Kier alpha value is -4.16. The fraction of sp³-hybridized carbons (Fsp3) is 0.250. The van der Waals surface area contributed by atoms with E-state index in [9.17, 15) is 0 Å². The van der Waals surface area contributed by atoms with Crippen LogP contribution in [-0.4, -0.2) is 0 Å². The molecule has 2 aliphatic rings. The van der Waals surface area contributed by atoms with Gasteiger partial charge in [-0.25, -0.2) is 0 Å². The van der Waals surface area contributed by atoms with Gasteiger partial charge in [-0.05, 0) is 82.0 Å². The van der Waals surface area contributed by atoms with Gasteiger partial charge >= 0.3 is 17.1 Å². The Morgan fingerprint density at radius 3 is 1.14 bits per heavy atom. The summed E-state index contributed by atoms with van der Waals surface area (Å²) in [5.41, 5.74) is 22.0. The smallest absolute Gasteiger partial charge is 0.175 e. The van der Waals surface area contributed by atoms with E-state index in [0.717, 1.165) is 12.8 Å². The molecule has 0 fully saturated rings. The maximum absolute atomic E-state index is 3.71. The Morgan fingerprint density at radius 2 is 0.776 bits per heavy atom. The second-order valence-electron chi connectivity index (χ2n) is 15.7. The average Bonchev–Trinajstić information content (AvgIpc) is 3.62. The summed E-state index contributed by atoms with van der Waals surface area (Å²) in [6.45, 7) is 17.9. The first-order valence-electron chi connectivity index (χ1n) is 17.4. The molecule has 0 bridgehead atoms. The predicted molar refractivity (Wildman–Crippen MR) is 205 cm³/mol. The molecule has 49 heavy (non-hydrogen) atoms. The molecule has 246 valence electrons. The van der Waals surface area contributed by atoms with Gasteiger partial charge in [-0.15, -0.1) is 22.3 Å². The zero-order chi connectivity index (χ0) is 33.8. The molecule has 0 radical (unpaired) electrons. The van der Waals surface area contributed by atoms with Crippen LogP contribution in [0.4, 0.5) is 0 Å². The van der Waals surface area contributed by atoms with Crippen LogP contribution in [0.3, 0.4) is 0 Å². The van der Waals surface area contributed by atoms with Crippen molar-refractivity contribution in [2.24, 2.45) is 0 Å². The normalized spacial score (nSPS) is 12.6. The van der Waals surface area contributed by atoms with Crippen molar-refractivity contribution in [2.75, 3.05) is 0 Å². The molecular formula is C48H46Fe. The predicted octanol–water partition coefficient (Wildman–Crippen LogP) is 12.7. The molecule has 0 aliphatic heterocycles. The van der Waals surface area contributed by atoms with Crippen molar-refractivity contribution < 1.29 is 17.1 Å². The van der Waals surface area contributed by atoms with Crippen LogP contribution in [0.15, 0.2) is 109 Å². The summed E-state index contributed by atoms with van der Waals surface area (Å²) in [5.74, 6) is 0. The van der Waals surface area contributed by atoms with Crippen molar-refractivity contribution >= 4 is 0 Å². The number of rotatable bonds is 2. The quantitative estimate of drug-likeness (QED) is 0.126. The number of hydrogen-bond acceptors (Lipinski definition) is 0. The molecule has 6 aromatic rings. The van der Waals surface area contributed by atoms with Crippen molar-refractivity contribution in [2.45, 2.75) is 79.1 Å². The molecule has 0 amide bonds. The molecule has 0 saturated heterocycles. The molecule has 2 aliphatic carbocycles. The topological polar surface area (TPSA) is 0 Å². The molecule has 0 N–H and O–H groups in total. The Bertz CT molecular complexity index is 2010. The fourth-order valence-electron chi connectivity index (χ4n) is 7.41. The van der Waals surface area contributed by atoms with Gasteiger partial charge in [0.2, 0.25) is 0 Å². The van der Waals surface area contributed by atoms with Crippen LogP contribution in [-0.2, 0) is 40.7 Å². The van der Waals surface area contributed by atoms with Gasteiger partial charge < -0.3 is 0 Å². The van der Waals surface area contributed by atoms with Gasteiger partial charge in [-0.2, -0.15) is 47.5 Å². The van der Waals surface area contributed by atoms with Crippen molar-refractivity contribution in [1.82, 2.24) is 0 Å². The van der Waals surface area contributed by atoms with E-state index in [2.05, 4.69) is 177 Å². The molecule has 0 heterocycles.